The number of hydrogen-bond donors (Lipinski definition) is 0. The number of pyridine rings is 1. The summed E-state index contributed by atoms with van der Waals surface area (Å²) >= 11 is 0. The van der Waals surface area contributed by atoms with Crippen molar-refractivity contribution in [2.24, 2.45) is 0 Å². The molecule has 0 aliphatic rings. The van der Waals surface area contributed by atoms with Crippen molar-refractivity contribution in [3.63, 3.8) is 0 Å². The second kappa shape index (κ2) is 7.59. The van der Waals surface area contributed by atoms with Gasteiger partial charge in [-0.3, -0.25) is 0 Å². The number of nitrogens with zero attached hydrogens (tertiary/aromatic N) is 1. The molecule has 0 bridgehead atoms. The van der Waals surface area contributed by atoms with Crippen LogP contribution in [0.4, 0.5) is 0 Å². The summed E-state index contributed by atoms with van der Waals surface area (Å²) in [7, 11) is 0. The summed E-state index contributed by atoms with van der Waals surface area (Å²) in [5.41, 5.74) is 4.57. The van der Waals surface area contributed by atoms with Crippen LogP contribution in [-0.4, -0.2) is 4.98 Å². The molecule has 0 amide bonds. The van der Waals surface area contributed by atoms with E-state index in [2.05, 4.69) is 48.3 Å². The molecule has 2 nitrogen and oxygen atoms in total. The summed E-state index contributed by atoms with van der Waals surface area (Å²) in [5.74, 6) is 0.656. The quantitative estimate of drug-likeness (QED) is 0.618. The number of aryl methyl sites for hydroxylation is 1. The van der Waals surface area contributed by atoms with Gasteiger partial charge in [0.2, 0.25) is 5.88 Å². The molecule has 3 rings (SSSR count). The number of hydrogen-bond acceptors (Lipinski definition) is 2. The van der Waals surface area contributed by atoms with Crippen molar-refractivity contribution in [1.82, 2.24) is 4.98 Å². The molecule has 1 aromatic heterocycles. The fourth-order valence-corrected chi connectivity index (χ4v) is 2.51. The van der Waals surface area contributed by atoms with Gasteiger partial charge in [-0.25, -0.2) is 4.98 Å². The first-order chi connectivity index (χ1) is 11.3. The minimum absolute atomic E-state index is 0.539. The molecular formula is C21H21NO. The van der Waals surface area contributed by atoms with Crippen molar-refractivity contribution in [3.8, 4) is 17.1 Å². The summed E-state index contributed by atoms with van der Waals surface area (Å²) in [4.78, 5) is 4.58. The first kappa shape index (κ1) is 15.3. The third-order valence-corrected chi connectivity index (χ3v) is 3.74. The summed E-state index contributed by atoms with van der Waals surface area (Å²) in [5, 5.41) is 0. The van der Waals surface area contributed by atoms with Gasteiger partial charge in [0, 0.05) is 11.6 Å². The van der Waals surface area contributed by atoms with Crippen LogP contribution in [-0.2, 0) is 13.0 Å². The summed E-state index contributed by atoms with van der Waals surface area (Å²) < 4.78 is 5.84. The third kappa shape index (κ3) is 4.19. The lowest BCUT2D eigenvalue weighted by Gasteiger charge is -2.08. The van der Waals surface area contributed by atoms with Gasteiger partial charge >= 0.3 is 0 Å². The zero-order valence-corrected chi connectivity index (χ0v) is 13.4. The maximum absolute atomic E-state index is 5.84. The van der Waals surface area contributed by atoms with E-state index in [0.29, 0.717) is 12.5 Å². The van der Waals surface area contributed by atoms with E-state index in [9.17, 15) is 0 Å². The summed E-state index contributed by atoms with van der Waals surface area (Å²) in [6, 6.07) is 24.6. The molecule has 0 saturated carbocycles. The highest BCUT2D eigenvalue weighted by Gasteiger charge is 2.02. The van der Waals surface area contributed by atoms with Crippen molar-refractivity contribution in [1.29, 1.82) is 0 Å². The molecule has 0 atom stereocenters. The van der Waals surface area contributed by atoms with Crippen LogP contribution in [0, 0.1) is 0 Å². The molecule has 2 heteroatoms. The third-order valence-electron chi connectivity index (χ3n) is 3.74. The van der Waals surface area contributed by atoms with Crippen LogP contribution >= 0.6 is 0 Å². The number of aromatic nitrogens is 1. The molecule has 0 fully saturated rings. The van der Waals surface area contributed by atoms with Gasteiger partial charge in [0.15, 0.2) is 0 Å². The smallest absolute Gasteiger partial charge is 0.214 e. The molecule has 3 aromatic rings. The molecule has 23 heavy (non-hydrogen) atoms. The zero-order chi connectivity index (χ0) is 15.9. The number of ether oxygens (including phenoxy) is 1. The van der Waals surface area contributed by atoms with E-state index < -0.39 is 0 Å². The Balaban J connectivity index is 1.66. The normalized spacial score (nSPS) is 10.5. The van der Waals surface area contributed by atoms with E-state index in [-0.39, 0.29) is 0 Å². The molecule has 0 saturated heterocycles. The monoisotopic (exact) mass is 303 g/mol. The molecule has 0 aliphatic carbocycles. The van der Waals surface area contributed by atoms with E-state index in [1.807, 2.05) is 36.4 Å². The highest BCUT2D eigenvalue weighted by Crippen LogP contribution is 2.20. The number of benzene rings is 2. The van der Waals surface area contributed by atoms with Crippen molar-refractivity contribution in [2.75, 3.05) is 0 Å². The van der Waals surface area contributed by atoms with Gasteiger partial charge in [0.1, 0.15) is 6.61 Å². The Morgan fingerprint density at radius 3 is 2.26 bits per heavy atom. The molecule has 0 N–H and O–H groups in total. The van der Waals surface area contributed by atoms with E-state index in [1.165, 1.54) is 12.0 Å². The van der Waals surface area contributed by atoms with Gasteiger partial charge in [-0.2, -0.15) is 0 Å². The lowest BCUT2D eigenvalue weighted by molar-refractivity contribution is 0.294. The van der Waals surface area contributed by atoms with Crippen LogP contribution in [0.3, 0.4) is 0 Å². The van der Waals surface area contributed by atoms with Crippen molar-refractivity contribution >= 4 is 0 Å². The average molecular weight is 303 g/mol. The van der Waals surface area contributed by atoms with Crippen LogP contribution in [0.1, 0.15) is 24.5 Å². The van der Waals surface area contributed by atoms with Gasteiger partial charge in [-0.1, -0.05) is 74.0 Å². The van der Waals surface area contributed by atoms with E-state index in [0.717, 1.165) is 23.2 Å². The molecule has 0 spiro atoms. The molecule has 1 heterocycles. The maximum atomic E-state index is 5.84. The predicted octanol–water partition coefficient (Wildman–Crippen LogP) is 5.28. The van der Waals surface area contributed by atoms with Crippen molar-refractivity contribution in [2.45, 2.75) is 26.4 Å². The highest BCUT2D eigenvalue weighted by atomic mass is 16.5. The van der Waals surface area contributed by atoms with Gasteiger partial charge in [0.05, 0.1) is 5.69 Å². The minimum atomic E-state index is 0.539. The number of rotatable bonds is 6. The van der Waals surface area contributed by atoms with Gasteiger partial charge < -0.3 is 4.74 Å². The molecular weight excluding hydrogens is 282 g/mol. The lowest BCUT2D eigenvalue weighted by atomic mass is 10.1. The first-order valence-electron chi connectivity index (χ1n) is 8.08. The second-order valence-corrected chi connectivity index (χ2v) is 5.58. The fraction of sp³-hybridized carbons (Fsp3) is 0.190. The van der Waals surface area contributed by atoms with E-state index in [1.54, 1.807) is 0 Å². The topological polar surface area (TPSA) is 22.1 Å². The van der Waals surface area contributed by atoms with Crippen LogP contribution in [0.15, 0.2) is 72.8 Å². The average Bonchev–Trinajstić information content (AvgIpc) is 2.62. The van der Waals surface area contributed by atoms with E-state index >= 15 is 0 Å². The maximum Gasteiger partial charge on any atom is 0.214 e. The summed E-state index contributed by atoms with van der Waals surface area (Å²) in [6.07, 6.45) is 2.30. The largest absolute Gasteiger partial charge is 0.473 e. The lowest BCUT2D eigenvalue weighted by Crippen LogP contribution is -1.98. The van der Waals surface area contributed by atoms with Crippen LogP contribution in [0.2, 0.25) is 0 Å². The van der Waals surface area contributed by atoms with Crippen LogP contribution in [0.25, 0.3) is 11.3 Å². The van der Waals surface area contributed by atoms with Crippen molar-refractivity contribution in [3.05, 3.63) is 83.9 Å². The minimum Gasteiger partial charge on any atom is -0.473 e. The Kier molecular flexibility index (Phi) is 5.05. The Labute approximate surface area is 137 Å². The van der Waals surface area contributed by atoms with Crippen LogP contribution in [0.5, 0.6) is 5.88 Å². The van der Waals surface area contributed by atoms with Gasteiger partial charge in [0.25, 0.3) is 0 Å². The predicted molar refractivity (Wildman–Crippen MR) is 94.4 cm³/mol. The second-order valence-electron chi connectivity index (χ2n) is 5.58. The zero-order valence-electron chi connectivity index (χ0n) is 13.4. The summed E-state index contributed by atoms with van der Waals surface area (Å²) in [6.45, 7) is 2.74. The Bertz CT molecular complexity index is 735. The molecule has 116 valence electrons. The molecule has 0 aliphatic heterocycles. The van der Waals surface area contributed by atoms with Gasteiger partial charge in [-0.15, -0.1) is 0 Å². The molecule has 2 aromatic carbocycles. The Morgan fingerprint density at radius 2 is 1.52 bits per heavy atom. The van der Waals surface area contributed by atoms with E-state index in [4.69, 9.17) is 4.74 Å². The molecule has 0 radical (unpaired) electrons. The van der Waals surface area contributed by atoms with Crippen molar-refractivity contribution < 1.29 is 4.74 Å². The SMILES string of the molecule is CCCc1ccc(COc2cccc(-c3ccccc3)n2)cc1. The Hall–Kier alpha value is -2.61. The Morgan fingerprint density at radius 1 is 0.783 bits per heavy atom. The first-order valence-corrected chi connectivity index (χ1v) is 8.08. The molecule has 0 unspecified atom stereocenters. The standard InChI is InChI=1S/C21H21NO/c1-2-7-17-12-14-18(15-13-17)16-23-21-11-6-10-20(22-21)19-8-4-3-5-9-19/h3-6,8-15H,2,7,16H2,1H3. The highest BCUT2D eigenvalue weighted by molar-refractivity contribution is 5.59. The van der Waals surface area contributed by atoms with Gasteiger partial charge in [-0.05, 0) is 23.6 Å². The van der Waals surface area contributed by atoms with Crippen LogP contribution < -0.4 is 4.74 Å². The fourth-order valence-electron chi connectivity index (χ4n) is 2.51.